The molecule has 0 aliphatic heterocycles. The topological polar surface area (TPSA) is 69.9 Å². The van der Waals surface area contributed by atoms with Gasteiger partial charge in [-0.15, -0.1) is 0 Å². The number of hydrogen-bond donors (Lipinski definition) is 0. The van der Waals surface area contributed by atoms with Crippen molar-refractivity contribution in [2.45, 2.75) is 12.8 Å². The minimum atomic E-state index is 0.589. The van der Waals surface area contributed by atoms with Gasteiger partial charge in [0.2, 0.25) is 0 Å². The highest BCUT2D eigenvalue weighted by atomic mass is 16.3. The van der Waals surface area contributed by atoms with E-state index < -0.39 is 0 Å². The molecule has 4 aromatic heterocycles. The number of benzene rings is 7. The normalized spacial score (nSPS) is 12.7. The van der Waals surface area contributed by atoms with Crippen molar-refractivity contribution in [3.05, 3.63) is 175 Å². The average molecular weight is 733 g/mol. The van der Waals surface area contributed by atoms with Crippen LogP contribution in [0.4, 0.5) is 0 Å². The smallest absolute Gasteiger partial charge is 0.164 e. The fourth-order valence-electron chi connectivity index (χ4n) is 8.81. The second-order valence-electron chi connectivity index (χ2n) is 14.6. The lowest BCUT2D eigenvalue weighted by Gasteiger charge is -2.12. The predicted molar refractivity (Wildman–Crippen MR) is 230 cm³/mol. The molecule has 6 heteroatoms. The van der Waals surface area contributed by atoms with Crippen LogP contribution in [0.15, 0.2) is 173 Å². The van der Waals surface area contributed by atoms with Crippen molar-refractivity contribution in [1.82, 2.24) is 19.5 Å². The molecule has 0 atom stereocenters. The lowest BCUT2D eigenvalue weighted by Crippen LogP contribution is -2.00. The zero-order valence-electron chi connectivity index (χ0n) is 30.7. The molecule has 0 unspecified atom stereocenters. The molecule has 1 aliphatic rings. The second kappa shape index (κ2) is 12.5. The molecule has 0 radical (unpaired) electrons. The summed E-state index contributed by atoms with van der Waals surface area (Å²) in [6, 6.07) is 54.3. The largest absolute Gasteiger partial charge is 0.456 e. The first-order chi connectivity index (χ1) is 28.3. The van der Waals surface area contributed by atoms with Crippen LogP contribution in [-0.4, -0.2) is 19.5 Å². The minimum Gasteiger partial charge on any atom is -0.456 e. The standard InChI is InChI=1S/C51H32N4O2/c1-3-14-31(15-4-1)49-52-50(32-16-5-2-6-17-32)54-51(53-49)38-22-13-26-44-47(38)39-30-33(28-29-43(39)56-44)34-20-12-27-45-46(34)37-21-11-25-42(48(37)57-45)55-40-23-9-7-18-35(40)36-19-8-10-24-41(36)55/h1-7,9-18,20-30H,8,19H2. The molecule has 0 N–H and O–H groups in total. The van der Waals surface area contributed by atoms with E-state index in [0.717, 1.165) is 90.2 Å². The van der Waals surface area contributed by atoms with Gasteiger partial charge < -0.3 is 13.4 Å². The third kappa shape index (κ3) is 4.94. The van der Waals surface area contributed by atoms with E-state index in [4.69, 9.17) is 23.8 Å². The van der Waals surface area contributed by atoms with Crippen LogP contribution in [0.5, 0.6) is 0 Å². The number of hydrogen-bond acceptors (Lipinski definition) is 5. The highest BCUT2D eigenvalue weighted by molar-refractivity contribution is 6.17. The summed E-state index contributed by atoms with van der Waals surface area (Å²) >= 11 is 0. The molecule has 0 saturated carbocycles. The van der Waals surface area contributed by atoms with Crippen molar-refractivity contribution in [2.75, 3.05) is 0 Å². The average Bonchev–Trinajstić information content (AvgIpc) is 3.96. The molecule has 1 aliphatic carbocycles. The fourth-order valence-corrected chi connectivity index (χ4v) is 8.81. The van der Waals surface area contributed by atoms with E-state index in [-0.39, 0.29) is 0 Å². The first-order valence-electron chi connectivity index (χ1n) is 19.3. The molecule has 0 fully saturated rings. The summed E-state index contributed by atoms with van der Waals surface area (Å²) < 4.78 is 15.7. The van der Waals surface area contributed by atoms with Crippen LogP contribution in [0, 0.1) is 0 Å². The van der Waals surface area contributed by atoms with Gasteiger partial charge in [-0.1, -0.05) is 127 Å². The van der Waals surface area contributed by atoms with Crippen LogP contribution in [-0.2, 0) is 6.42 Å². The molecule has 268 valence electrons. The number of para-hydroxylation sites is 2. The molecule has 6 nitrogen and oxygen atoms in total. The summed E-state index contributed by atoms with van der Waals surface area (Å²) in [6.45, 7) is 0. The lowest BCUT2D eigenvalue weighted by atomic mass is 9.97. The lowest BCUT2D eigenvalue weighted by molar-refractivity contribution is 0.665. The van der Waals surface area contributed by atoms with Gasteiger partial charge in [-0.05, 0) is 72.0 Å². The summed E-state index contributed by atoms with van der Waals surface area (Å²) in [6.07, 6.45) is 6.63. The Morgan fingerprint density at radius 3 is 1.91 bits per heavy atom. The predicted octanol–water partition coefficient (Wildman–Crippen LogP) is 13.2. The van der Waals surface area contributed by atoms with Crippen molar-refractivity contribution < 1.29 is 8.83 Å². The van der Waals surface area contributed by atoms with E-state index in [9.17, 15) is 0 Å². The Morgan fingerprint density at radius 1 is 0.474 bits per heavy atom. The van der Waals surface area contributed by atoms with Crippen molar-refractivity contribution in [3.63, 3.8) is 0 Å². The van der Waals surface area contributed by atoms with E-state index in [0.29, 0.717) is 17.5 Å². The van der Waals surface area contributed by atoms with Crippen LogP contribution in [0.1, 0.15) is 17.7 Å². The summed E-state index contributed by atoms with van der Waals surface area (Å²) in [5.74, 6) is 1.82. The van der Waals surface area contributed by atoms with Gasteiger partial charge >= 0.3 is 0 Å². The van der Waals surface area contributed by atoms with Gasteiger partial charge in [0.15, 0.2) is 23.1 Å². The van der Waals surface area contributed by atoms with Crippen LogP contribution in [0.3, 0.4) is 0 Å². The fraction of sp³-hybridized carbons (Fsp3) is 0.0392. The minimum absolute atomic E-state index is 0.589. The van der Waals surface area contributed by atoms with Gasteiger partial charge in [-0.25, -0.2) is 15.0 Å². The Balaban J connectivity index is 1.06. The first kappa shape index (κ1) is 31.7. The summed E-state index contributed by atoms with van der Waals surface area (Å²) in [5, 5.41) is 5.41. The number of nitrogens with zero attached hydrogens (tertiary/aromatic N) is 4. The Labute approximate surface area is 327 Å². The number of allylic oxidation sites excluding steroid dienone is 1. The quantitative estimate of drug-likeness (QED) is 0.176. The zero-order valence-corrected chi connectivity index (χ0v) is 30.7. The number of furan rings is 2. The number of rotatable bonds is 5. The van der Waals surface area contributed by atoms with Gasteiger partial charge in [0.05, 0.1) is 11.2 Å². The summed E-state index contributed by atoms with van der Waals surface area (Å²) in [7, 11) is 0. The van der Waals surface area contributed by atoms with Crippen LogP contribution in [0.25, 0.3) is 112 Å². The molecule has 57 heavy (non-hydrogen) atoms. The van der Waals surface area contributed by atoms with Gasteiger partial charge in [-0.3, -0.25) is 0 Å². The van der Waals surface area contributed by atoms with Gasteiger partial charge in [0.25, 0.3) is 0 Å². The molecule has 12 rings (SSSR count). The zero-order chi connectivity index (χ0) is 37.5. The number of aromatic nitrogens is 4. The monoisotopic (exact) mass is 732 g/mol. The van der Waals surface area contributed by atoms with E-state index in [1.165, 1.54) is 22.2 Å². The molecule has 0 saturated heterocycles. The molecule has 0 bridgehead atoms. The molecule has 0 amide bonds. The summed E-state index contributed by atoms with van der Waals surface area (Å²) in [4.78, 5) is 15.1. The number of fused-ring (bicyclic) bond motifs is 9. The third-order valence-electron chi connectivity index (χ3n) is 11.3. The number of aryl methyl sites for hydroxylation is 1. The Kier molecular flexibility index (Phi) is 6.95. The van der Waals surface area contributed by atoms with Crippen molar-refractivity contribution in [2.24, 2.45) is 0 Å². The molecule has 11 aromatic rings. The maximum Gasteiger partial charge on any atom is 0.164 e. The van der Waals surface area contributed by atoms with E-state index in [1.807, 2.05) is 72.8 Å². The maximum atomic E-state index is 6.84. The van der Waals surface area contributed by atoms with Gasteiger partial charge in [-0.2, -0.15) is 0 Å². The van der Waals surface area contributed by atoms with Crippen molar-refractivity contribution >= 4 is 60.9 Å². The Morgan fingerprint density at radius 2 is 1.12 bits per heavy atom. The maximum absolute atomic E-state index is 6.84. The first-order valence-corrected chi connectivity index (χ1v) is 19.3. The second-order valence-corrected chi connectivity index (χ2v) is 14.6. The van der Waals surface area contributed by atoms with E-state index in [2.05, 4.69) is 102 Å². The third-order valence-corrected chi connectivity index (χ3v) is 11.3. The Hall–Kier alpha value is -7.57. The van der Waals surface area contributed by atoms with Crippen molar-refractivity contribution in [1.29, 1.82) is 0 Å². The van der Waals surface area contributed by atoms with Crippen molar-refractivity contribution in [3.8, 4) is 51.0 Å². The molecular weight excluding hydrogens is 701 g/mol. The molecular formula is C51H32N4O2. The van der Waals surface area contributed by atoms with Gasteiger partial charge in [0.1, 0.15) is 16.7 Å². The highest BCUT2D eigenvalue weighted by Gasteiger charge is 2.23. The van der Waals surface area contributed by atoms with E-state index in [1.54, 1.807) is 0 Å². The highest BCUT2D eigenvalue weighted by Crippen LogP contribution is 2.44. The van der Waals surface area contributed by atoms with Crippen LogP contribution < -0.4 is 0 Å². The summed E-state index contributed by atoms with van der Waals surface area (Å²) in [5.41, 5.74) is 13.0. The van der Waals surface area contributed by atoms with E-state index >= 15 is 0 Å². The Bertz CT molecular complexity index is 3350. The molecule has 4 heterocycles. The van der Waals surface area contributed by atoms with Gasteiger partial charge in [0, 0.05) is 49.3 Å². The van der Waals surface area contributed by atoms with Crippen LogP contribution in [0.2, 0.25) is 0 Å². The van der Waals surface area contributed by atoms with Crippen LogP contribution >= 0.6 is 0 Å². The molecule has 7 aromatic carbocycles. The SMILES string of the molecule is C1=Cc2c(c3ccccc3n2-c2cccc3c2oc2cccc(-c4ccc5oc6cccc(-c7nc(-c8ccccc8)nc(-c8ccccc8)n7)c6c5c4)c23)CC1. The molecule has 0 spiro atoms.